The molecule has 0 aliphatic rings. The Kier molecular flexibility index (Phi) is 1.46. The standard InChI is InChI=1S/C8H7N7/c9-8-13-6-5(11-3-12-6)7(14-8)15-2-1-10-4-15/h1-4H,(H3,9,11,12,13,14). The minimum atomic E-state index is 0.204. The van der Waals surface area contributed by atoms with E-state index in [2.05, 4.69) is 24.9 Å². The van der Waals surface area contributed by atoms with E-state index in [1.165, 1.54) is 0 Å². The number of hydrogen-bond donors (Lipinski definition) is 2. The van der Waals surface area contributed by atoms with Gasteiger partial charge in [-0.2, -0.15) is 9.97 Å². The molecule has 0 spiro atoms. The lowest BCUT2D eigenvalue weighted by atomic mass is 10.5. The van der Waals surface area contributed by atoms with Gasteiger partial charge in [0.25, 0.3) is 0 Å². The molecule has 0 unspecified atom stereocenters. The minimum absolute atomic E-state index is 0.204. The molecule has 0 aliphatic heterocycles. The Bertz CT molecular complexity index is 595. The second kappa shape index (κ2) is 2.77. The first kappa shape index (κ1) is 7.92. The van der Waals surface area contributed by atoms with E-state index in [-0.39, 0.29) is 5.95 Å². The molecular formula is C8H7N7. The molecule has 0 bridgehead atoms. The predicted octanol–water partition coefficient (Wildman–Crippen LogP) is 0.121. The Labute approximate surface area is 84.0 Å². The quantitative estimate of drug-likeness (QED) is 0.582. The van der Waals surface area contributed by atoms with Crippen LogP contribution in [0.3, 0.4) is 0 Å². The lowest BCUT2D eigenvalue weighted by Gasteiger charge is -2.01. The molecule has 0 saturated heterocycles. The first-order valence-corrected chi connectivity index (χ1v) is 4.29. The molecule has 74 valence electrons. The number of H-pyrrole nitrogens is 1. The van der Waals surface area contributed by atoms with E-state index in [1.54, 1.807) is 29.6 Å². The lowest BCUT2D eigenvalue weighted by molar-refractivity contribution is 0.993. The van der Waals surface area contributed by atoms with Gasteiger partial charge >= 0.3 is 0 Å². The Balaban J connectivity index is 2.38. The zero-order valence-corrected chi connectivity index (χ0v) is 7.62. The van der Waals surface area contributed by atoms with Crippen LogP contribution in [-0.4, -0.2) is 29.5 Å². The monoisotopic (exact) mass is 201 g/mol. The summed E-state index contributed by atoms with van der Waals surface area (Å²) in [7, 11) is 0. The van der Waals surface area contributed by atoms with Crippen LogP contribution in [-0.2, 0) is 0 Å². The number of nitrogens with zero attached hydrogens (tertiary/aromatic N) is 5. The summed E-state index contributed by atoms with van der Waals surface area (Å²) < 4.78 is 1.74. The summed E-state index contributed by atoms with van der Waals surface area (Å²) in [4.78, 5) is 19.1. The van der Waals surface area contributed by atoms with Crippen LogP contribution in [0, 0.1) is 0 Å². The molecule has 15 heavy (non-hydrogen) atoms. The van der Waals surface area contributed by atoms with Crippen LogP contribution in [0.5, 0.6) is 0 Å². The number of aromatic amines is 1. The molecule has 0 saturated carbocycles. The molecule has 7 nitrogen and oxygen atoms in total. The van der Waals surface area contributed by atoms with Crippen molar-refractivity contribution in [3.05, 3.63) is 25.0 Å². The fourth-order valence-electron chi connectivity index (χ4n) is 1.40. The summed E-state index contributed by atoms with van der Waals surface area (Å²) in [5, 5.41) is 0. The summed E-state index contributed by atoms with van der Waals surface area (Å²) in [6.45, 7) is 0. The van der Waals surface area contributed by atoms with Crippen molar-refractivity contribution in [2.45, 2.75) is 0 Å². The lowest BCUT2D eigenvalue weighted by Crippen LogP contribution is -2.02. The molecule has 3 aromatic heterocycles. The van der Waals surface area contributed by atoms with Crippen molar-refractivity contribution in [1.82, 2.24) is 29.5 Å². The third-order valence-corrected chi connectivity index (χ3v) is 2.03. The van der Waals surface area contributed by atoms with Gasteiger partial charge in [0.2, 0.25) is 5.95 Å². The summed E-state index contributed by atoms with van der Waals surface area (Å²) in [5.74, 6) is 0.826. The maximum atomic E-state index is 5.59. The second-order valence-electron chi connectivity index (χ2n) is 2.98. The Morgan fingerprint density at radius 1 is 1.33 bits per heavy atom. The van der Waals surface area contributed by atoms with E-state index in [1.807, 2.05) is 0 Å². The smallest absolute Gasteiger partial charge is 0.224 e. The molecule has 3 aromatic rings. The number of nitrogens with two attached hydrogens (primary N) is 1. The number of imidazole rings is 2. The topological polar surface area (TPSA) is 98.3 Å². The Morgan fingerprint density at radius 3 is 3.07 bits per heavy atom. The molecule has 0 aliphatic carbocycles. The van der Waals surface area contributed by atoms with E-state index < -0.39 is 0 Å². The van der Waals surface area contributed by atoms with Crippen LogP contribution in [0.15, 0.2) is 25.0 Å². The van der Waals surface area contributed by atoms with E-state index in [9.17, 15) is 0 Å². The van der Waals surface area contributed by atoms with Crippen molar-refractivity contribution in [3.8, 4) is 5.82 Å². The fraction of sp³-hybridized carbons (Fsp3) is 0. The summed E-state index contributed by atoms with van der Waals surface area (Å²) >= 11 is 0. The van der Waals surface area contributed by atoms with Crippen molar-refractivity contribution >= 4 is 17.1 Å². The highest BCUT2D eigenvalue weighted by molar-refractivity contribution is 5.78. The van der Waals surface area contributed by atoms with Crippen molar-refractivity contribution in [1.29, 1.82) is 0 Å². The maximum Gasteiger partial charge on any atom is 0.224 e. The summed E-state index contributed by atoms with van der Waals surface area (Å²) in [6, 6.07) is 0. The average molecular weight is 201 g/mol. The largest absolute Gasteiger partial charge is 0.368 e. The van der Waals surface area contributed by atoms with Gasteiger partial charge in [-0.25, -0.2) is 9.97 Å². The van der Waals surface area contributed by atoms with Gasteiger partial charge in [-0.05, 0) is 0 Å². The van der Waals surface area contributed by atoms with Gasteiger partial charge in [0.1, 0.15) is 6.33 Å². The molecular weight excluding hydrogens is 194 g/mol. The van der Waals surface area contributed by atoms with Gasteiger partial charge in [0.15, 0.2) is 17.0 Å². The third-order valence-electron chi connectivity index (χ3n) is 2.03. The molecule has 0 fully saturated rings. The number of nitrogens with one attached hydrogen (secondary N) is 1. The predicted molar refractivity (Wildman–Crippen MR) is 53.2 cm³/mol. The first-order valence-electron chi connectivity index (χ1n) is 4.29. The van der Waals surface area contributed by atoms with Gasteiger partial charge in [-0.15, -0.1) is 0 Å². The average Bonchev–Trinajstić information content (AvgIpc) is 2.86. The molecule has 0 radical (unpaired) electrons. The van der Waals surface area contributed by atoms with E-state index in [0.717, 1.165) is 0 Å². The number of aromatic nitrogens is 6. The highest BCUT2D eigenvalue weighted by Crippen LogP contribution is 2.15. The fourth-order valence-corrected chi connectivity index (χ4v) is 1.40. The molecule has 0 atom stereocenters. The van der Waals surface area contributed by atoms with Crippen molar-refractivity contribution in [2.24, 2.45) is 0 Å². The van der Waals surface area contributed by atoms with Crippen LogP contribution in [0.1, 0.15) is 0 Å². The van der Waals surface area contributed by atoms with Crippen LogP contribution < -0.4 is 5.73 Å². The van der Waals surface area contributed by atoms with Crippen molar-refractivity contribution in [2.75, 3.05) is 5.73 Å². The SMILES string of the molecule is Nc1nc(-n2ccnc2)c2nc[nH]c2n1. The van der Waals surface area contributed by atoms with Crippen LogP contribution in [0.4, 0.5) is 5.95 Å². The normalized spacial score (nSPS) is 10.9. The number of hydrogen-bond acceptors (Lipinski definition) is 5. The Hall–Kier alpha value is -2.44. The van der Waals surface area contributed by atoms with Crippen LogP contribution in [0.2, 0.25) is 0 Å². The maximum absolute atomic E-state index is 5.59. The second-order valence-corrected chi connectivity index (χ2v) is 2.98. The zero-order valence-electron chi connectivity index (χ0n) is 7.62. The van der Waals surface area contributed by atoms with Crippen molar-refractivity contribution < 1.29 is 0 Å². The van der Waals surface area contributed by atoms with Crippen LogP contribution in [0.25, 0.3) is 17.0 Å². The molecule has 0 amide bonds. The van der Waals surface area contributed by atoms with E-state index in [0.29, 0.717) is 17.0 Å². The van der Waals surface area contributed by atoms with Crippen molar-refractivity contribution in [3.63, 3.8) is 0 Å². The number of fused-ring (bicyclic) bond motifs is 1. The van der Waals surface area contributed by atoms with Gasteiger partial charge in [-0.3, -0.25) is 4.57 Å². The zero-order chi connectivity index (χ0) is 10.3. The highest BCUT2D eigenvalue weighted by atomic mass is 15.2. The minimum Gasteiger partial charge on any atom is -0.368 e. The molecule has 3 N–H and O–H groups in total. The Morgan fingerprint density at radius 2 is 2.27 bits per heavy atom. The van der Waals surface area contributed by atoms with E-state index in [4.69, 9.17) is 5.73 Å². The highest BCUT2D eigenvalue weighted by Gasteiger charge is 2.09. The molecule has 3 heterocycles. The molecule has 3 rings (SSSR count). The van der Waals surface area contributed by atoms with Gasteiger partial charge in [0.05, 0.1) is 6.33 Å². The molecule has 0 aromatic carbocycles. The number of rotatable bonds is 1. The van der Waals surface area contributed by atoms with Gasteiger partial charge in [-0.1, -0.05) is 0 Å². The summed E-state index contributed by atoms with van der Waals surface area (Å²) in [6.07, 6.45) is 6.63. The molecule has 7 heteroatoms. The van der Waals surface area contributed by atoms with Gasteiger partial charge in [0, 0.05) is 12.4 Å². The van der Waals surface area contributed by atoms with Gasteiger partial charge < -0.3 is 10.7 Å². The third kappa shape index (κ3) is 1.13. The van der Waals surface area contributed by atoms with E-state index >= 15 is 0 Å². The number of nitrogen functional groups attached to an aromatic ring is 1. The van der Waals surface area contributed by atoms with Crippen LogP contribution >= 0.6 is 0 Å². The first-order chi connectivity index (χ1) is 7.34. The summed E-state index contributed by atoms with van der Waals surface area (Å²) in [5.41, 5.74) is 6.87. The number of anilines is 1.